The summed E-state index contributed by atoms with van der Waals surface area (Å²) in [5.74, 6) is -2.19. The summed E-state index contributed by atoms with van der Waals surface area (Å²) >= 11 is 0. The molecule has 0 spiro atoms. The topological polar surface area (TPSA) is 49.0 Å². The summed E-state index contributed by atoms with van der Waals surface area (Å²) in [6.45, 7) is 0.0670. The molecule has 1 unspecified atom stereocenters. The Kier molecular flexibility index (Phi) is 5.35. The van der Waals surface area contributed by atoms with E-state index < -0.39 is 34.4 Å². The molecule has 4 nitrogen and oxygen atoms in total. The van der Waals surface area contributed by atoms with Gasteiger partial charge in [0.2, 0.25) is 0 Å². The number of nitrogens with one attached hydrogen (secondary N) is 1. The van der Waals surface area contributed by atoms with Gasteiger partial charge in [0.05, 0.1) is 34.6 Å². The van der Waals surface area contributed by atoms with Crippen LogP contribution in [-0.4, -0.2) is 14.4 Å². The molecule has 0 radical (unpaired) electrons. The predicted octanol–water partition coefficient (Wildman–Crippen LogP) is 5.59. The zero-order valence-electron chi connectivity index (χ0n) is 15.5. The molecular weight excluding hydrogens is 425 g/mol. The first-order chi connectivity index (χ1) is 14.3. The summed E-state index contributed by atoms with van der Waals surface area (Å²) in [6.07, 6.45) is 1.46. The minimum atomic E-state index is -4.51. The smallest absolute Gasteiger partial charge is 0.282 e. The van der Waals surface area contributed by atoms with Crippen molar-refractivity contribution in [2.75, 3.05) is 4.31 Å². The van der Waals surface area contributed by atoms with Gasteiger partial charge in [-0.25, -0.2) is 13.0 Å². The van der Waals surface area contributed by atoms with Crippen LogP contribution >= 0.6 is 0 Å². The van der Waals surface area contributed by atoms with E-state index in [0.29, 0.717) is 11.3 Å². The third kappa shape index (κ3) is 4.09. The second-order valence-electron chi connectivity index (χ2n) is 6.92. The number of nitrogens with zero attached hydrogens (tertiary/aromatic N) is 2. The van der Waals surface area contributed by atoms with E-state index in [1.165, 1.54) is 29.8 Å². The van der Waals surface area contributed by atoms with Crippen molar-refractivity contribution >= 4 is 16.7 Å². The molecule has 2 aromatic carbocycles. The van der Waals surface area contributed by atoms with Crippen LogP contribution in [0.15, 0.2) is 47.5 Å². The Labute approximate surface area is 171 Å². The fraction of sp³-hybridized carbons (Fsp3) is 0.250. The normalized spacial score (nSPS) is 15.6. The van der Waals surface area contributed by atoms with Crippen molar-refractivity contribution in [3.8, 4) is 11.3 Å². The molecule has 1 fully saturated rings. The summed E-state index contributed by atoms with van der Waals surface area (Å²) in [4.78, 5) is 0.102. The van der Waals surface area contributed by atoms with Crippen molar-refractivity contribution in [2.24, 2.45) is 0 Å². The Bertz CT molecular complexity index is 1090. The molecule has 0 amide bonds. The largest absolute Gasteiger partial charge is 0.416 e. The number of benzene rings is 2. The average Bonchev–Trinajstić information content (AvgIpc) is 3.52. The molecule has 0 saturated heterocycles. The van der Waals surface area contributed by atoms with Gasteiger partial charge in [0, 0.05) is 17.2 Å². The molecule has 0 bridgehead atoms. The molecular formula is C20H16F5N3OS. The Morgan fingerprint density at radius 1 is 1.00 bits per heavy atom. The van der Waals surface area contributed by atoms with Crippen molar-refractivity contribution < 1.29 is 26.2 Å². The highest BCUT2D eigenvalue weighted by molar-refractivity contribution is 7.86. The van der Waals surface area contributed by atoms with Gasteiger partial charge in [-0.15, -0.1) is 0 Å². The lowest BCUT2D eigenvalue weighted by molar-refractivity contribution is -0.137. The third-order valence-corrected chi connectivity index (χ3v) is 5.95. The predicted molar refractivity (Wildman–Crippen MR) is 102 cm³/mol. The SMILES string of the molecule is C1CC1.O=S(c1ccc(C(F)(F)F)cc1)N1Cc2cn[nH]c2-c2cc(F)c(F)cc21. The lowest BCUT2D eigenvalue weighted by Gasteiger charge is -2.29. The molecule has 158 valence electrons. The van der Waals surface area contributed by atoms with Crippen molar-refractivity contribution in [2.45, 2.75) is 36.9 Å². The average molecular weight is 441 g/mol. The van der Waals surface area contributed by atoms with Gasteiger partial charge < -0.3 is 0 Å². The van der Waals surface area contributed by atoms with Crippen LogP contribution in [0, 0.1) is 11.6 Å². The Morgan fingerprint density at radius 2 is 1.63 bits per heavy atom. The van der Waals surface area contributed by atoms with Crippen LogP contribution in [0.5, 0.6) is 0 Å². The van der Waals surface area contributed by atoms with Gasteiger partial charge in [-0.05, 0) is 30.3 Å². The van der Waals surface area contributed by atoms with Crippen LogP contribution in [0.1, 0.15) is 30.4 Å². The van der Waals surface area contributed by atoms with E-state index in [0.717, 1.165) is 36.4 Å². The van der Waals surface area contributed by atoms with Gasteiger partial charge >= 0.3 is 6.18 Å². The summed E-state index contributed by atoms with van der Waals surface area (Å²) < 4.78 is 79.9. The number of hydrogen-bond donors (Lipinski definition) is 1. The highest BCUT2D eigenvalue weighted by Gasteiger charge is 2.32. The second kappa shape index (κ2) is 7.82. The van der Waals surface area contributed by atoms with Crippen LogP contribution in [0.25, 0.3) is 11.3 Å². The van der Waals surface area contributed by atoms with E-state index in [9.17, 15) is 26.2 Å². The van der Waals surface area contributed by atoms with Crippen LogP contribution in [0.4, 0.5) is 27.6 Å². The van der Waals surface area contributed by atoms with Gasteiger partial charge in [0.25, 0.3) is 0 Å². The quantitative estimate of drug-likeness (QED) is 0.528. The van der Waals surface area contributed by atoms with E-state index >= 15 is 0 Å². The van der Waals surface area contributed by atoms with Crippen molar-refractivity contribution in [1.82, 2.24) is 10.2 Å². The lowest BCUT2D eigenvalue weighted by Crippen LogP contribution is -2.28. The van der Waals surface area contributed by atoms with E-state index in [1.807, 2.05) is 0 Å². The summed E-state index contributed by atoms with van der Waals surface area (Å²) in [6, 6.07) is 5.74. The summed E-state index contributed by atoms with van der Waals surface area (Å²) in [5, 5.41) is 6.56. The first kappa shape index (κ1) is 20.5. The Morgan fingerprint density at radius 3 is 2.23 bits per heavy atom. The molecule has 1 aliphatic heterocycles. The number of H-pyrrole nitrogens is 1. The van der Waals surface area contributed by atoms with E-state index in [1.54, 1.807) is 0 Å². The van der Waals surface area contributed by atoms with Crippen molar-refractivity contribution in [3.05, 3.63) is 65.4 Å². The monoisotopic (exact) mass is 441 g/mol. The van der Waals surface area contributed by atoms with Crippen LogP contribution < -0.4 is 4.31 Å². The minimum Gasteiger partial charge on any atom is -0.282 e. The number of halogens is 5. The number of alkyl halides is 3. The maximum absolute atomic E-state index is 13.8. The Balaban J connectivity index is 0.000000667. The second-order valence-corrected chi connectivity index (χ2v) is 8.33. The van der Waals surface area contributed by atoms with E-state index in [4.69, 9.17) is 0 Å². The molecule has 2 aliphatic rings. The molecule has 3 aromatic rings. The number of aromatic nitrogens is 2. The third-order valence-electron chi connectivity index (χ3n) is 4.55. The van der Waals surface area contributed by atoms with Gasteiger partial charge in [-0.1, -0.05) is 19.3 Å². The van der Waals surface area contributed by atoms with E-state index in [2.05, 4.69) is 10.2 Å². The fourth-order valence-corrected chi connectivity index (χ4v) is 4.09. The van der Waals surface area contributed by atoms with Crippen LogP contribution in [0.3, 0.4) is 0 Å². The van der Waals surface area contributed by atoms with E-state index in [-0.39, 0.29) is 22.7 Å². The minimum absolute atomic E-state index is 0.0670. The lowest BCUT2D eigenvalue weighted by atomic mass is 10.0. The van der Waals surface area contributed by atoms with Crippen LogP contribution in [-0.2, 0) is 23.7 Å². The molecule has 1 saturated carbocycles. The molecule has 5 rings (SSSR count). The molecule has 1 aliphatic carbocycles. The number of fused-ring (bicyclic) bond motifs is 3. The Hall–Kier alpha value is -2.75. The molecule has 1 aromatic heterocycles. The zero-order chi connectivity index (χ0) is 21.5. The van der Waals surface area contributed by atoms with Gasteiger partial charge in [0.15, 0.2) is 22.6 Å². The first-order valence-corrected chi connectivity index (χ1v) is 10.2. The fourth-order valence-electron chi connectivity index (χ4n) is 2.88. The zero-order valence-corrected chi connectivity index (χ0v) is 16.3. The van der Waals surface area contributed by atoms with Gasteiger partial charge in [-0.2, -0.15) is 18.3 Å². The summed E-state index contributed by atoms with van der Waals surface area (Å²) in [7, 11) is -1.94. The first-order valence-electron chi connectivity index (χ1n) is 9.14. The van der Waals surface area contributed by atoms with Gasteiger partial charge in [-0.3, -0.25) is 9.40 Å². The van der Waals surface area contributed by atoms with Gasteiger partial charge in [0.1, 0.15) is 0 Å². The molecule has 1 atom stereocenters. The molecule has 30 heavy (non-hydrogen) atoms. The number of rotatable bonds is 2. The maximum atomic E-state index is 13.8. The van der Waals surface area contributed by atoms with Crippen LogP contribution in [0.2, 0.25) is 0 Å². The number of aromatic amines is 1. The number of hydrogen-bond acceptors (Lipinski definition) is 2. The highest BCUT2D eigenvalue weighted by atomic mass is 32.2. The highest BCUT2D eigenvalue weighted by Crippen LogP contribution is 2.41. The standard InChI is InChI=1S/C17H10F5N3OS.C3H6/c18-13-5-12-15(6-14(13)19)25(8-9-7-23-24-16(9)12)27(26)11-3-1-10(2-4-11)17(20,21)22;1-2-3-1/h1-7H,8H2,(H,23,24);1-3H2. The molecule has 2 heterocycles. The maximum Gasteiger partial charge on any atom is 0.416 e. The number of anilines is 1. The molecule has 10 heteroatoms. The molecule has 1 N–H and O–H groups in total. The van der Waals surface area contributed by atoms with Crippen molar-refractivity contribution in [3.63, 3.8) is 0 Å². The summed E-state index contributed by atoms with van der Waals surface area (Å²) in [5.41, 5.74) is 0.641. The van der Waals surface area contributed by atoms with Crippen molar-refractivity contribution in [1.29, 1.82) is 0 Å².